The normalized spacial score (nSPS) is 20.8. The maximum atomic E-state index is 9.05. The fraction of sp³-hybridized carbons (Fsp3) is 0.222. The molecule has 2 N–H and O–H groups in total. The Kier molecular flexibility index (Phi) is 1.70. The maximum absolute atomic E-state index is 9.05. The number of nitrogens with one attached hydrogen (secondary N) is 1. The molecule has 1 aliphatic heterocycles. The summed E-state index contributed by atoms with van der Waals surface area (Å²) in [4.78, 5) is 0. The Hall–Kier alpha value is -1.51. The van der Waals surface area contributed by atoms with Gasteiger partial charge in [0.25, 0.3) is 0 Å². The molecule has 62 valence electrons. The van der Waals surface area contributed by atoms with Crippen molar-refractivity contribution in [3.05, 3.63) is 29.8 Å². The maximum Gasteiger partial charge on any atom is 0.115 e. The fourth-order valence-corrected chi connectivity index (χ4v) is 1.27. The first-order valence-electron chi connectivity index (χ1n) is 3.92. The van der Waals surface area contributed by atoms with Crippen LogP contribution in [0.5, 0.6) is 5.75 Å². The van der Waals surface area contributed by atoms with Crippen LogP contribution in [0, 0.1) is 0 Å². The van der Waals surface area contributed by atoms with E-state index in [2.05, 4.69) is 10.5 Å². The number of rotatable bonds is 1. The van der Waals surface area contributed by atoms with Gasteiger partial charge in [-0.15, -0.1) is 0 Å². The smallest absolute Gasteiger partial charge is 0.115 e. The van der Waals surface area contributed by atoms with Gasteiger partial charge in [0.05, 0.1) is 6.04 Å². The number of phenolic OH excluding ortho intramolecular Hbond substituents is 1. The molecule has 1 heterocycles. The summed E-state index contributed by atoms with van der Waals surface area (Å²) in [5, 5.41) is 13.0. The molecule has 12 heavy (non-hydrogen) atoms. The first kappa shape index (κ1) is 7.16. The topological polar surface area (TPSA) is 44.6 Å². The summed E-state index contributed by atoms with van der Waals surface area (Å²) in [6, 6.07) is 7.47. The van der Waals surface area contributed by atoms with Crippen LogP contribution in [-0.4, -0.2) is 11.3 Å². The largest absolute Gasteiger partial charge is 0.508 e. The summed E-state index contributed by atoms with van der Waals surface area (Å²) in [6.45, 7) is 0. The van der Waals surface area contributed by atoms with Crippen LogP contribution in [0.1, 0.15) is 18.0 Å². The predicted molar refractivity (Wildman–Crippen MR) is 47.1 cm³/mol. The van der Waals surface area contributed by atoms with Crippen LogP contribution in [0.2, 0.25) is 0 Å². The first-order chi connectivity index (χ1) is 5.86. The average molecular weight is 162 g/mol. The highest BCUT2D eigenvalue weighted by molar-refractivity contribution is 5.60. The van der Waals surface area contributed by atoms with Crippen molar-refractivity contribution in [1.82, 2.24) is 5.43 Å². The summed E-state index contributed by atoms with van der Waals surface area (Å²) in [5.74, 6) is 0.303. The van der Waals surface area contributed by atoms with Crippen LogP contribution in [0.3, 0.4) is 0 Å². The minimum Gasteiger partial charge on any atom is -0.508 e. The van der Waals surface area contributed by atoms with E-state index in [4.69, 9.17) is 5.11 Å². The lowest BCUT2D eigenvalue weighted by Gasteiger charge is -2.08. The standard InChI is InChI=1S/C9H10N2O/c12-8-3-1-7(2-4-8)9-5-6-10-11-9/h1-4,6,9,11-12H,5H2. The molecule has 0 aliphatic carbocycles. The lowest BCUT2D eigenvalue weighted by molar-refractivity contribution is 0.474. The van der Waals surface area contributed by atoms with Crippen molar-refractivity contribution in [3.8, 4) is 5.75 Å². The molecule has 0 fully saturated rings. The SMILES string of the molecule is Oc1ccc(C2CC=NN2)cc1. The first-order valence-corrected chi connectivity index (χ1v) is 3.92. The molecule has 1 atom stereocenters. The third-order valence-electron chi connectivity index (χ3n) is 1.96. The third kappa shape index (κ3) is 1.25. The van der Waals surface area contributed by atoms with Crippen molar-refractivity contribution in [2.24, 2.45) is 5.10 Å². The Morgan fingerprint density at radius 2 is 2.08 bits per heavy atom. The van der Waals surface area contributed by atoms with Gasteiger partial charge >= 0.3 is 0 Å². The summed E-state index contributed by atoms with van der Waals surface area (Å²) < 4.78 is 0. The molecule has 1 unspecified atom stereocenters. The highest BCUT2D eigenvalue weighted by atomic mass is 16.3. The Balaban J connectivity index is 2.18. The molecule has 0 amide bonds. The number of nitrogens with zero attached hydrogens (tertiary/aromatic N) is 1. The number of hydrogen-bond acceptors (Lipinski definition) is 3. The van der Waals surface area contributed by atoms with E-state index in [1.54, 1.807) is 12.1 Å². The molecule has 2 rings (SSSR count). The van der Waals surface area contributed by atoms with Gasteiger partial charge in [-0.2, -0.15) is 5.10 Å². The second-order valence-corrected chi connectivity index (χ2v) is 2.82. The van der Waals surface area contributed by atoms with Gasteiger partial charge in [0, 0.05) is 12.6 Å². The third-order valence-corrected chi connectivity index (χ3v) is 1.96. The Morgan fingerprint density at radius 1 is 1.33 bits per heavy atom. The Labute approximate surface area is 70.7 Å². The summed E-state index contributed by atoms with van der Waals surface area (Å²) >= 11 is 0. The molecule has 0 radical (unpaired) electrons. The van der Waals surface area contributed by atoms with Gasteiger partial charge in [-0.05, 0) is 17.7 Å². The van der Waals surface area contributed by atoms with E-state index >= 15 is 0 Å². The molecule has 3 nitrogen and oxygen atoms in total. The number of aromatic hydroxyl groups is 1. The highest BCUT2D eigenvalue weighted by Crippen LogP contribution is 2.20. The predicted octanol–water partition coefficient (Wildman–Crippen LogP) is 1.41. The molecule has 0 saturated heterocycles. The van der Waals surface area contributed by atoms with Crippen LogP contribution in [0.15, 0.2) is 29.4 Å². The Bertz CT molecular complexity index is 284. The molecule has 1 aromatic rings. The lowest BCUT2D eigenvalue weighted by Crippen LogP contribution is -2.08. The Morgan fingerprint density at radius 3 is 2.67 bits per heavy atom. The van der Waals surface area contributed by atoms with Crippen LogP contribution in [0.25, 0.3) is 0 Å². The van der Waals surface area contributed by atoms with E-state index in [1.807, 2.05) is 18.3 Å². The zero-order chi connectivity index (χ0) is 8.39. The minimum absolute atomic E-state index is 0.283. The monoisotopic (exact) mass is 162 g/mol. The molecule has 1 aliphatic rings. The number of phenols is 1. The quantitative estimate of drug-likeness (QED) is 0.655. The van der Waals surface area contributed by atoms with Gasteiger partial charge in [0.2, 0.25) is 0 Å². The van der Waals surface area contributed by atoms with Gasteiger partial charge in [0.1, 0.15) is 5.75 Å². The minimum atomic E-state index is 0.283. The van der Waals surface area contributed by atoms with Gasteiger partial charge < -0.3 is 10.5 Å². The molecule has 0 aromatic heterocycles. The van der Waals surface area contributed by atoms with Crippen molar-refractivity contribution in [3.63, 3.8) is 0 Å². The lowest BCUT2D eigenvalue weighted by atomic mass is 10.1. The molecule has 0 saturated carbocycles. The number of hydrogen-bond donors (Lipinski definition) is 2. The van der Waals surface area contributed by atoms with Gasteiger partial charge in [-0.3, -0.25) is 0 Å². The molecular weight excluding hydrogens is 152 g/mol. The van der Waals surface area contributed by atoms with Crippen LogP contribution in [0.4, 0.5) is 0 Å². The number of hydrazone groups is 1. The second kappa shape index (κ2) is 2.85. The van der Waals surface area contributed by atoms with Crippen molar-refractivity contribution >= 4 is 6.21 Å². The van der Waals surface area contributed by atoms with E-state index in [0.717, 1.165) is 12.0 Å². The van der Waals surface area contributed by atoms with E-state index in [-0.39, 0.29) is 6.04 Å². The summed E-state index contributed by atoms with van der Waals surface area (Å²) in [7, 11) is 0. The number of benzene rings is 1. The summed E-state index contributed by atoms with van der Waals surface area (Å²) in [6.07, 6.45) is 2.78. The second-order valence-electron chi connectivity index (χ2n) is 2.82. The molecule has 0 bridgehead atoms. The highest BCUT2D eigenvalue weighted by Gasteiger charge is 2.11. The van der Waals surface area contributed by atoms with Gasteiger partial charge in [-0.25, -0.2) is 0 Å². The van der Waals surface area contributed by atoms with Crippen molar-refractivity contribution in [2.75, 3.05) is 0 Å². The average Bonchev–Trinajstić information content (AvgIpc) is 2.58. The zero-order valence-electron chi connectivity index (χ0n) is 6.57. The van der Waals surface area contributed by atoms with Crippen molar-refractivity contribution in [1.29, 1.82) is 0 Å². The zero-order valence-corrected chi connectivity index (χ0v) is 6.57. The van der Waals surface area contributed by atoms with Gasteiger partial charge in [-0.1, -0.05) is 12.1 Å². The molecular formula is C9H10N2O. The van der Waals surface area contributed by atoms with Crippen molar-refractivity contribution in [2.45, 2.75) is 12.5 Å². The van der Waals surface area contributed by atoms with Crippen molar-refractivity contribution < 1.29 is 5.11 Å². The van der Waals surface area contributed by atoms with Crippen LogP contribution >= 0.6 is 0 Å². The van der Waals surface area contributed by atoms with E-state index in [9.17, 15) is 0 Å². The molecule has 1 aromatic carbocycles. The van der Waals surface area contributed by atoms with Crippen LogP contribution in [-0.2, 0) is 0 Å². The molecule has 0 spiro atoms. The summed E-state index contributed by atoms with van der Waals surface area (Å²) in [5.41, 5.74) is 4.14. The van der Waals surface area contributed by atoms with E-state index in [1.165, 1.54) is 0 Å². The molecule has 3 heteroatoms. The van der Waals surface area contributed by atoms with Gasteiger partial charge in [0.15, 0.2) is 0 Å². The van der Waals surface area contributed by atoms with Crippen LogP contribution < -0.4 is 5.43 Å². The fourth-order valence-electron chi connectivity index (χ4n) is 1.27. The van der Waals surface area contributed by atoms with E-state index in [0.29, 0.717) is 5.75 Å². The van der Waals surface area contributed by atoms with E-state index < -0.39 is 0 Å².